The molecule has 5 heteroatoms. The number of amides is 1. The second-order valence-electron chi connectivity index (χ2n) is 4.30. The van der Waals surface area contributed by atoms with Crippen molar-refractivity contribution in [1.29, 1.82) is 0 Å². The maximum atomic E-state index is 11.9. The highest BCUT2D eigenvalue weighted by atomic mass is 35.5. The molecule has 0 aliphatic heterocycles. The van der Waals surface area contributed by atoms with E-state index in [1.165, 1.54) is 11.3 Å². The van der Waals surface area contributed by atoms with Gasteiger partial charge in [0.2, 0.25) is 0 Å². The van der Waals surface area contributed by atoms with Gasteiger partial charge < -0.3 is 10.1 Å². The summed E-state index contributed by atoms with van der Waals surface area (Å²) in [7, 11) is 1.58. The Kier molecular flexibility index (Phi) is 4.29. The lowest BCUT2D eigenvalue weighted by atomic mass is 10.1. The first-order valence-electron chi connectivity index (χ1n) is 5.74. The number of hydrogen-bond donors (Lipinski definition) is 1. The lowest BCUT2D eigenvalue weighted by Gasteiger charge is -2.10. The lowest BCUT2D eigenvalue weighted by Crippen LogP contribution is -2.28. The van der Waals surface area contributed by atoms with E-state index in [1.807, 2.05) is 11.4 Å². The third-order valence-electron chi connectivity index (χ3n) is 3.08. The van der Waals surface area contributed by atoms with Gasteiger partial charge in [-0.15, -0.1) is 22.9 Å². The number of ether oxygens (including phenoxy) is 1. The lowest BCUT2D eigenvalue weighted by molar-refractivity contribution is 0.0949. The van der Waals surface area contributed by atoms with Gasteiger partial charge in [0.1, 0.15) is 10.6 Å². The maximum Gasteiger partial charge on any atom is 0.265 e. The fourth-order valence-electron chi connectivity index (χ4n) is 2.14. The molecule has 3 nitrogen and oxygen atoms in total. The van der Waals surface area contributed by atoms with Crippen molar-refractivity contribution in [3.63, 3.8) is 0 Å². The molecule has 0 bridgehead atoms. The molecular formula is C12H16ClNO2S. The predicted octanol–water partition coefficient (Wildman–Crippen LogP) is 2.89. The Labute approximate surface area is 110 Å². The number of halogens is 1. The summed E-state index contributed by atoms with van der Waals surface area (Å²) in [4.78, 5) is 12.6. The highest BCUT2D eigenvalue weighted by Crippen LogP contribution is 2.29. The van der Waals surface area contributed by atoms with Crippen LogP contribution in [0.1, 0.15) is 28.9 Å². The number of hydrogen-bond acceptors (Lipinski definition) is 3. The van der Waals surface area contributed by atoms with Crippen molar-refractivity contribution in [2.24, 2.45) is 5.92 Å². The number of rotatable bonds is 4. The maximum absolute atomic E-state index is 11.9. The number of nitrogens with one attached hydrogen (secondary N) is 1. The highest BCUT2D eigenvalue weighted by Gasteiger charge is 2.23. The van der Waals surface area contributed by atoms with Gasteiger partial charge in [0.25, 0.3) is 5.91 Å². The van der Waals surface area contributed by atoms with Crippen molar-refractivity contribution in [3.05, 3.63) is 16.3 Å². The number of alkyl halides is 1. The average molecular weight is 274 g/mol. The van der Waals surface area contributed by atoms with E-state index in [1.54, 1.807) is 7.11 Å². The quantitative estimate of drug-likeness (QED) is 0.857. The van der Waals surface area contributed by atoms with Gasteiger partial charge in [0, 0.05) is 11.9 Å². The molecule has 1 aliphatic carbocycles. The molecule has 17 heavy (non-hydrogen) atoms. The van der Waals surface area contributed by atoms with Gasteiger partial charge in [-0.1, -0.05) is 0 Å². The van der Waals surface area contributed by atoms with Crippen LogP contribution in [-0.2, 0) is 0 Å². The zero-order valence-corrected chi connectivity index (χ0v) is 11.3. The Balaban J connectivity index is 1.85. The van der Waals surface area contributed by atoms with Crippen LogP contribution >= 0.6 is 22.9 Å². The second-order valence-corrected chi connectivity index (χ2v) is 5.84. The van der Waals surface area contributed by atoms with Gasteiger partial charge in [0.15, 0.2) is 0 Å². The molecular weight excluding hydrogens is 258 g/mol. The Morgan fingerprint density at radius 1 is 1.65 bits per heavy atom. The summed E-state index contributed by atoms with van der Waals surface area (Å²) < 4.78 is 5.12. The van der Waals surface area contributed by atoms with E-state index >= 15 is 0 Å². The molecule has 1 N–H and O–H groups in total. The van der Waals surface area contributed by atoms with Gasteiger partial charge in [-0.3, -0.25) is 4.79 Å². The third-order valence-corrected chi connectivity index (χ3v) is 4.37. The van der Waals surface area contributed by atoms with Gasteiger partial charge in [-0.05, 0) is 36.6 Å². The molecule has 1 saturated carbocycles. The number of carbonyl (C=O) groups is 1. The fraction of sp³-hybridized carbons (Fsp3) is 0.583. The molecule has 94 valence electrons. The van der Waals surface area contributed by atoms with Gasteiger partial charge in [0.05, 0.1) is 7.11 Å². The minimum atomic E-state index is -0.0464. The zero-order valence-electron chi connectivity index (χ0n) is 9.74. The van der Waals surface area contributed by atoms with Crippen LogP contribution in [0.15, 0.2) is 11.4 Å². The Morgan fingerprint density at radius 3 is 3.12 bits per heavy atom. The molecule has 1 aliphatic rings. The van der Waals surface area contributed by atoms with Gasteiger partial charge in [-0.2, -0.15) is 0 Å². The summed E-state index contributed by atoms with van der Waals surface area (Å²) in [5, 5.41) is 5.10. The summed E-state index contributed by atoms with van der Waals surface area (Å²) in [5.74, 6) is 1.12. The van der Waals surface area contributed by atoms with Crippen molar-refractivity contribution in [2.75, 3.05) is 13.7 Å². The van der Waals surface area contributed by atoms with Crippen molar-refractivity contribution in [1.82, 2.24) is 5.32 Å². The molecule has 1 amide bonds. The second kappa shape index (κ2) is 5.74. The van der Waals surface area contributed by atoms with E-state index in [4.69, 9.17) is 16.3 Å². The molecule has 1 heterocycles. The Hall–Kier alpha value is -0.740. The number of methoxy groups -OCH3 is 1. The van der Waals surface area contributed by atoms with E-state index in [0.29, 0.717) is 23.1 Å². The normalized spacial score (nSPS) is 23.6. The minimum Gasteiger partial charge on any atom is -0.495 e. The van der Waals surface area contributed by atoms with Crippen LogP contribution in [0.3, 0.4) is 0 Å². The first-order valence-corrected chi connectivity index (χ1v) is 7.06. The van der Waals surface area contributed by atoms with E-state index in [0.717, 1.165) is 19.3 Å². The molecule has 1 fully saturated rings. The molecule has 0 aromatic carbocycles. The molecule has 2 rings (SSSR count). The molecule has 2 atom stereocenters. The topological polar surface area (TPSA) is 38.3 Å². The number of carbonyl (C=O) groups excluding carboxylic acids is 1. The zero-order chi connectivity index (χ0) is 12.3. The smallest absolute Gasteiger partial charge is 0.265 e. The van der Waals surface area contributed by atoms with Crippen LogP contribution in [0.5, 0.6) is 5.75 Å². The van der Waals surface area contributed by atoms with Crippen LogP contribution in [0.25, 0.3) is 0 Å². The molecule has 0 radical (unpaired) electrons. The van der Waals surface area contributed by atoms with Crippen molar-refractivity contribution >= 4 is 28.8 Å². The van der Waals surface area contributed by atoms with Crippen LogP contribution < -0.4 is 10.1 Å². The predicted molar refractivity (Wildman–Crippen MR) is 70.2 cm³/mol. The van der Waals surface area contributed by atoms with Crippen LogP contribution in [-0.4, -0.2) is 24.9 Å². The van der Waals surface area contributed by atoms with E-state index in [-0.39, 0.29) is 11.3 Å². The fourth-order valence-corrected chi connectivity index (χ4v) is 3.29. The summed E-state index contributed by atoms with van der Waals surface area (Å²) in [6.07, 6.45) is 3.17. The molecule has 0 saturated heterocycles. The molecule has 1 aromatic rings. The molecule has 1 aromatic heterocycles. The summed E-state index contributed by atoms with van der Waals surface area (Å²) in [6.45, 7) is 0.711. The average Bonchev–Trinajstić information content (AvgIpc) is 2.94. The van der Waals surface area contributed by atoms with Gasteiger partial charge >= 0.3 is 0 Å². The van der Waals surface area contributed by atoms with Crippen molar-refractivity contribution in [2.45, 2.75) is 24.6 Å². The first kappa shape index (κ1) is 12.7. The standard InChI is InChI=1S/C12H16ClNO2S/c1-16-10-4-5-17-11(10)12(15)14-7-8-2-3-9(13)6-8/h4-5,8-9H,2-3,6-7H2,1H3,(H,14,15). The Bertz CT molecular complexity index is 394. The van der Waals surface area contributed by atoms with Crippen LogP contribution in [0, 0.1) is 5.92 Å². The third kappa shape index (κ3) is 3.13. The summed E-state index contributed by atoms with van der Waals surface area (Å²) in [5.41, 5.74) is 0. The molecule has 2 unspecified atom stereocenters. The van der Waals surface area contributed by atoms with E-state index in [9.17, 15) is 4.79 Å². The minimum absolute atomic E-state index is 0.0464. The Morgan fingerprint density at radius 2 is 2.47 bits per heavy atom. The summed E-state index contributed by atoms with van der Waals surface area (Å²) >= 11 is 7.44. The highest BCUT2D eigenvalue weighted by molar-refractivity contribution is 7.12. The van der Waals surface area contributed by atoms with E-state index < -0.39 is 0 Å². The summed E-state index contributed by atoms with van der Waals surface area (Å²) in [6, 6.07) is 1.81. The number of thiophene rings is 1. The van der Waals surface area contributed by atoms with Crippen LogP contribution in [0.4, 0.5) is 0 Å². The SMILES string of the molecule is COc1ccsc1C(=O)NCC1CCC(Cl)C1. The molecule has 0 spiro atoms. The van der Waals surface area contributed by atoms with Crippen molar-refractivity contribution < 1.29 is 9.53 Å². The van der Waals surface area contributed by atoms with Crippen LogP contribution in [0.2, 0.25) is 0 Å². The largest absolute Gasteiger partial charge is 0.495 e. The van der Waals surface area contributed by atoms with E-state index in [2.05, 4.69) is 5.32 Å². The van der Waals surface area contributed by atoms with Crippen molar-refractivity contribution in [3.8, 4) is 5.75 Å². The first-order chi connectivity index (χ1) is 8.20. The van der Waals surface area contributed by atoms with Gasteiger partial charge in [-0.25, -0.2) is 0 Å². The monoisotopic (exact) mass is 273 g/mol.